The van der Waals surface area contributed by atoms with Crippen LogP contribution in [0.1, 0.15) is 310 Å². The van der Waals surface area contributed by atoms with Gasteiger partial charge in [0.25, 0.3) is 0 Å². The summed E-state index contributed by atoms with van der Waals surface area (Å²) < 4.78 is 68.7. The highest BCUT2D eigenvalue weighted by Gasteiger charge is 2.30. The van der Waals surface area contributed by atoms with Crippen molar-refractivity contribution in [1.82, 2.24) is 0 Å². The first-order valence-electron chi connectivity index (χ1n) is 41.4. The highest BCUT2D eigenvalue weighted by Crippen LogP contribution is 2.45. The molecule has 614 valence electrons. The van der Waals surface area contributed by atoms with Gasteiger partial charge >= 0.3 is 39.5 Å². The lowest BCUT2D eigenvalue weighted by atomic mass is 10.1. The van der Waals surface area contributed by atoms with Crippen molar-refractivity contribution in [2.45, 2.75) is 329 Å². The summed E-state index contributed by atoms with van der Waals surface area (Å²) >= 11 is 0. The van der Waals surface area contributed by atoms with Crippen LogP contribution < -0.4 is 0 Å². The number of phosphoric acid groups is 2. The molecule has 0 aliphatic heterocycles. The molecule has 19 heteroatoms. The van der Waals surface area contributed by atoms with Gasteiger partial charge in [-0.05, 0) is 167 Å². The maximum atomic E-state index is 13.1. The van der Waals surface area contributed by atoms with Crippen LogP contribution in [0.25, 0.3) is 0 Å². The first-order valence-corrected chi connectivity index (χ1v) is 44.4. The van der Waals surface area contributed by atoms with E-state index in [1.807, 2.05) is 0 Å². The molecule has 0 fully saturated rings. The molecule has 5 atom stereocenters. The molecule has 17 nitrogen and oxygen atoms in total. The maximum Gasteiger partial charge on any atom is 0.472 e. The van der Waals surface area contributed by atoms with Crippen LogP contribution >= 0.6 is 15.6 Å². The third kappa shape index (κ3) is 78.5. The van der Waals surface area contributed by atoms with Gasteiger partial charge in [-0.1, -0.05) is 288 Å². The molecular weight excluding hydrogens is 1400 g/mol. The fraction of sp³-hybridized carbons (Fsp3) is 0.640. The van der Waals surface area contributed by atoms with Gasteiger partial charge in [-0.3, -0.25) is 37.3 Å². The Kier molecular flexibility index (Phi) is 75.4. The number of carbonyl (C=O) groups is 4. The number of hydrogen-bond donors (Lipinski definition) is 3. The largest absolute Gasteiger partial charge is 0.472 e. The van der Waals surface area contributed by atoms with Crippen molar-refractivity contribution >= 4 is 39.5 Å². The summed E-state index contributed by atoms with van der Waals surface area (Å²) in [4.78, 5) is 73.1. The number of aliphatic hydroxyl groups excluding tert-OH is 1. The fourth-order valence-electron chi connectivity index (χ4n) is 10.4. The van der Waals surface area contributed by atoms with Gasteiger partial charge in [-0.15, -0.1) is 0 Å². The smallest absolute Gasteiger partial charge is 0.462 e. The van der Waals surface area contributed by atoms with E-state index in [9.17, 15) is 43.2 Å². The first kappa shape index (κ1) is 102. The van der Waals surface area contributed by atoms with E-state index in [2.05, 4.69) is 198 Å². The second kappa shape index (κ2) is 79.5. The summed E-state index contributed by atoms with van der Waals surface area (Å²) in [6.07, 6.45) is 94.7. The minimum atomic E-state index is -5.00. The van der Waals surface area contributed by atoms with E-state index >= 15 is 0 Å². The SMILES string of the molecule is CC/C=C\C/C=C\C/C=C\C/C=C\C/C=C\CCCCCC(=O)OCC(COP(=O)(O)OCC(O)COP(=O)(O)OCC(COC(=O)CCCCCCCC/C=C\C/C=C\C/C=C\C/C=C\CC)OC(=O)CCCCCCCC/C=C\C/C=C\C/C=C\C/C=C\CC)OC(=O)CCCCCCC/C=C\CCCC. The molecule has 3 N–H and O–H groups in total. The Morgan fingerprint density at radius 3 is 0.759 bits per heavy atom. The van der Waals surface area contributed by atoms with Crippen molar-refractivity contribution < 1.29 is 80.2 Å². The Labute approximate surface area is 654 Å². The molecule has 0 heterocycles. The number of rotatable bonds is 76. The zero-order valence-electron chi connectivity index (χ0n) is 67.2. The number of unbranched alkanes of at least 4 members (excludes halogenated alkanes) is 22. The normalized spacial score (nSPS) is 14.7. The molecule has 0 bridgehead atoms. The van der Waals surface area contributed by atoms with Gasteiger partial charge in [-0.25, -0.2) is 9.13 Å². The maximum absolute atomic E-state index is 13.1. The number of allylic oxidation sites excluding steroid dienone is 28. The average Bonchev–Trinajstić information content (AvgIpc) is 0.899. The van der Waals surface area contributed by atoms with Crippen molar-refractivity contribution in [2.75, 3.05) is 39.6 Å². The number of phosphoric ester groups is 2. The van der Waals surface area contributed by atoms with Gasteiger partial charge < -0.3 is 33.8 Å². The van der Waals surface area contributed by atoms with Gasteiger partial charge in [0.05, 0.1) is 26.4 Å². The average molecular weight is 1550 g/mol. The van der Waals surface area contributed by atoms with E-state index in [0.29, 0.717) is 25.7 Å². The van der Waals surface area contributed by atoms with E-state index in [-0.39, 0.29) is 25.7 Å². The number of aliphatic hydroxyl groups is 1. The van der Waals surface area contributed by atoms with E-state index < -0.39 is 97.5 Å². The van der Waals surface area contributed by atoms with E-state index in [1.54, 1.807) is 0 Å². The van der Waals surface area contributed by atoms with Crippen molar-refractivity contribution in [3.63, 3.8) is 0 Å². The molecular formula is C89H146O17P2. The molecule has 0 spiro atoms. The number of esters is 4. The minimum Gasteiger partial charge on any atom is -0.462 e. The molecule has 0 saturated carbocycles. The molecule has 0 aromatic rings. The summed E-state index contributed by atoms with van der Waals surface area (Å²) in [5.41, 5.74) is 0. The van der Waals surface area contributed by atoms with Crippen LogP contribution in [0, 0.1) is 0 Å². The molecule has 0 aliphatic carbocycles. The van der Waals surface area contributed by atoms with E-state index in [1.165, 1.54) is 12.8 Å². The first-order chi connectivity index (χ1) is 52.7. The van der Waals surface area contributed by atoms with Crippen LogP contribution in [0.5, 0.6) is 0 Å². The second-order valence-electron chi connectivity index (χ2n) is 26.9. The lowest BCUT2D eigenvalue weighted by molar-refractivity contribution is -0.161. The van der Waals surface area contributed by atoms with Gasteiger partial charge in [0.2, 0.25) is 0 Å². The molecule has 0 amide bonds. The highest BCUT2D eigenvalue weighted by atomic mass is 31.2. The van der Waals surface area contributed by atoms with Crippen LogP contribution in [-0.2, 0) is 65.4 Å². The molecule has 0 saturated heterocycles. The standard InChI is InChI=1S/C89H146O17P2/c1-5-9-13-17-21-25-29-32-35-38-41-44-47-50-54-57-61-65-69-73-86(91)99-79-84(105-88(93)75-71-67-63-59-53-28-24-20-16-12-8-4)81-103-107(95,96)101-77-83(90)78-102-108(97,98)104-82-85(106-89(94)76-72-68-64-60-56-52-49-46-43-40-37-34-31-27-23-19-15-11-7-3)80-100-87(92)74-70-66-62-58-55-51-48-45-42-39-36-33-30-26-22-18-14-10-6-2/h9-11,13-15,20-27,32-37,41-46,50,54,83-85,90H,5-8,12,16-19,28-31,38-40,47-49,51-53,55-82H2,1-4H3,(H,95,96)(H,97,98)/b13-9-,14-10-,15-11-,24-20-,25-21-,26-22-,27-23-,35-32-,36-33-,37-34-,44-41-,45-42-,46-43-,54-50-. The Bertz CT molecular complexity index is 2710. The van der Waals surface area contributed by atoms with Crippen LogP contribution in [0.15, 0.2) is 170 Å². The summed E-state index contributed by atoms with van der Waals surface area (Å²) in [7, 11) is -9.99. The van der Waals surface area contributed by atoms with Gasteiger partial charge in [0, 0.05) is 25.7 Å². The van der Waals surface area contributed by atoms with Crippen molar-refractivity contribution in [2.24, 2.45) is 0 Å². The molecule has 0 rings (SSSR count). The number of hydrogen-bond acceptors (Lipinski definition) is 15. The zero-order valence-corrected chi connectivity index (χ0v) is 69.0. The second-order valence-corrected chi connectivity index (χ2v) is 29.8. The zero-order chi connectivity index (χ0) is 78.9. The van der Waals surface area contributed by atoms with Crippen LogP contribution in [0.3, 0.4) is 0 Å². The van der Waals surface area contributed by atoms with Crippen LogP contribution in [0.2, 0.25) is 0 Å². The highest BCUT2D eigenvalue weighted by molar-refractivity contribution is 7.47. The predicted molar refractivity (Wildman–Crippen MR) is 445 cm³/mol. The quantitative estimate of drug-likeness (QED) is 0.0169. The Hall–Kier alpha value is -5.58. The number of carbonyl (C=O) groups excluding carboxylic acids is 4. The van der Waals surface area contributed by atoms with Gasteiger partial charge in [0.15, 0.2) is 12.2 Å². The minimum absolute atomic E-state index is 0.0688. The summed E-state index contributed by atoms with van der Waals surface area (Å²) in [6, 6.07) is 0. The third-order valence-corrected chi connectivity index (χ3v) is 18.6. The number of ether oxygens (including phenoxy) is 4. The van der Waals surface area contributed by atoms with Crippen molar-refractivity contribution in [1.29, 1.82) is 0 Å². The summed E-state index contributed by atoms with van der Waals surface area (Å²) in [6.45, 7) is 4.42. The monoisotopic (exact) mass is 1550 g/mol. The van der Waals surface area contributed by atoms with Gasteiger partial charge in [-0.2, -0.15) is 0 Å². The topological polar surface area (TPSA) is 237 Å². The molecule has 0 aromatic carbocycles. The molecule has 0 radical (unpaired) electrons. The molecule has 108 heavy (non-hydrogen) atoms. The van der Waals surface area contributed by atoms with Crippen molar-refractivity contribution in [3.05, 3.63) is 170 Å². The van der Waals surface area contributed by atoms with E-state index in [4.69, 9.17) is 37.0 Å². The van der Waals surface area contributed by atoms with Crippen molar-refractivity contribution in [3.8, 4) is 0 Å². The Balaban J connectivity index is 5.41. The third-order valence-electron chi connectivity index (χ3n) is 16.7. The van der Waals surface area contributed by atoms with E-state index in [0.717, 1.165) is 218 Å². The Morgan fingerprint density at radius 1 is 0.269 bits per heavy atom. The lowest BCUT2D eigenvalue weighted by Gasteiger charge is -2.21. The predicted octanol–water partition coefficient (Wildman–Crippen LogP) is 24.6. The van der Waals surface area contributed by atoms with Crippen LogP contribution in [0.4, 0.5) is 0 Å². The molecule has 5 unspecified atom stereocenters. The van der Waals surface area contributed by atoms with Crippen LogP contribution in [-0.4, -0.2) is 96.7 Å². The van der Waals surface area contributed by atoms with Gasteiger partial charge in [0.1, 0.15) is 19.3 Å². The molecule has 0 aromatic heterocycles. The lowest BCUT2D eigenvalue weighted by Crippen LogP contribution is -2.30. The summed E-state index contributed by atoms with van der Waals surface area (Å²) in [5.74, 6) is -2.26. The summed E-state index contributed by atoms with van der Waals surface area (Å²) in [5, 5.41) is 10.7. The fourth-order valence-corrected chi connectivity index (χ4v) is 12.0. The Morgan fingerprint density at radius 2 is 0.481 bits per heavy atom. The molecule has 0 aliphatic rings.